The van der Waals surface area contributed by atoms with Crippen molar-refractivity contribution in [2.75, 3.05) is 13.2 Å². The molecule has 0 radical (unpaired) electrons. The number of nitrogens with zero attached hydrogens (tertiary/aromatic N) is 2. The van der Waals surface area contributed by atoms with Crippen LogP contribution in [0.2, 0.25) is 0 Å². The summed E-state index contributed by atoms with van der Waals surface area (Å²) in [6.07, 6.45) is 9.41. The quantitative estimate of drug-likeness (QED) is 0.411. The van der Waals surface area contributed by atoms with Crippen LogP contribution in [0.1, 0.15) is 58.8 Å². The maximum absolute atomic E-state index is 11.8. The number of ether oxygens (including phenoxy) is 2. The predicted molar refractivity (Wildman–Crippen MR) is 89.6 cm³/mol. The molecule has 2 rings (SSSR count). The summed E-state index contributed by atoms with van der Waals surface area (Å²) < 4.78 is 32.4. The highest BCUT2D eigenvalue weighted by molar-refractivity contribution is 7.91. The van der Waals surface area contributed by atoms with Gasteiger partial charge in [-0.3, -0.25) is 0 Å². The third-order valence-electron chi connectivity index (χ3n) is 3.55. The minimum absolute atomic E-state index is 0.296. The largest absolute Gasteiger partial charge is 0.591 e. The fourth-order valence-electron chi connectivity index (χ4n) is 2.29. The van der Waals surface area contributed by atoms with Crippen molar-refractivity contribution < 1.29 is 18.4 Å². The molecule has 1 unspecified atom stereocenters. The molecule has 1 saturated heterocycles. The van der Waals surface area contributed by atoms with Gasteiger partial charge in [0.15, 0.2) is 0 Å². The predicted octanol–water partition coefficient (Wildman–Crippen LogP) is 3.36. The van der Waals surface area contributed by atoms with Gasteiger partial charge in [0.05, 0.1) is 25.6 Å². The van der Waals surface area contributed by atoms with Crippen LogP contribution in [0.3, 0.4) is 0 Å². The zero-order valence-corrected chi connectivity index (χ0v) is 14.9. The van der Waals surface area contributed by atoms with Gasteiger partial charge < -0.3 is 18.4 Å². The SMILES string of the molecule is CC(C)(C)[S+]([O-])N=CCCCCCC1(c2ncco2)OCCO1. The average molecular weight is 342 g/mol. The van der Waals surface area contributed by atoms with Crippen molar-refractivity contribution in [1.29, 1.82) is 0 Å². The highest BCUT2D eigenvalue weighted by atomic mass is 32.2. The van der Waals surface area contributed by atoms with Crippen LogP contribution in [0.25, 0.3) is 0 Å². The lowest BCUT2D eigenvalue weighted by molar-refractivity contribution is -0.187. The zero-order chi connectivity index (χ0) is 16.8. The smallest absolute Gasteiger partial charge is 0.255 e. The van der Waals surface area contributed by atoms with Crippen LogP contribution in [0.4, 0.5) is 0 Å². The van der Waals surface area contributed by atoms with E-state index in [9.17, 15) is 4.55 Å². The maximum atomic E-state index is 11.8. The molecule has 1 aliphatic heterocycles. The second kappa shape index (κ2) is 8.28. The van der Waals surface area contributed by atoms with E-state index >= 15 is 0 Å². The molecule has 0 aromatic carbocycles. The Labute approximate surface area is 141 Å². The molecular weight excluding hydrogens is 316 g/mol. The molecule has 0 aliphatic carbocycles. The second-order valence-electron chi connectivity index (χ2n) is 6.54. The Bertz CT molecular complexity index is 479. The standard InChI is InChI=1S/C16H26N2O4S/c1-15(2,3)23(19)18-9-7-5-4-6-8-16(21-12-13-22-16)14-17-10-11-20-14/h9-11H,4-8,12-13H2,1-3H3. The van der Waals surface area contributed by atoms with E-state index in [0.717, 1.165) is 32.1 Å². The van der Waals surface area contributed by atoms with E-state index in [1.54, 1.807) is 12.4 Å². The van der Waals surface area contributed by atoms with Gasteiger partial charge in [0.2, 0.25) is 5.79 Å². The molecule has 1 fully saturated rings. The summed E-state index contributed by atoms with van der Waals surface area (Å²) in [7, 11) is 0. The minimum atomic E-state index is -1.16. The van der Waals surface area contributed by atoms with Gasteiger partial charge in [0.25, 0.3) is 5.89 Å². The van der Waals surface area contributed by atoms with Crippen molar-refractivity contribution in [2.45, 2.75) is 63.4 Å². The zero-order valence-electron chi connectivity index (χ0n) is 14.1. The molecule has 0 saturated carbocycles. The first kappa shape index (κ1) is 18.4. The van der Waals surface area contributed by atoms with Gasteiger partial charge in [-0.25, -0.2) is 4.98 Å². The third kappa shape index (κ3) is 5.31. The topological polar surface area (TPSA) is 79.9 Å². The van der Waals surface area contributed by atoms with E-state index in [1.165, 1.54) is 6.26 Å². The molecule has 1 atom stereocenters. The van der Waals surface area contributed by atoms with Gasteiger partial charge in [-0.1, -0.05) is 10.8 Å². The molecular formula is C16H26N2O4S. The van der Waals surface area contributed by atoms with Crippen molar-refractivity contribution >= 4 is 17.6 Å². The second-order valence-corrected chi connectivity index (χ2v) is 8.47. The van der Waals surface area contributed by atoms with Crippen molar-refractivity contribution in [3.05, 3.63) is 18.4 Å². The van der Waals surface area contributed by atoms with Crippen LogP contribution >= 0.6 is 0 Å². The Morgan fingerprint density at radius 3 is 2.65 bits per heavy atom. The molecule has 130 valence electrons. The highest BCUT2D eigenvalue weighted by Gasteiger charge is 2.42. The Morgan fingerprint density at radius 1 is 1.30 bits per heavy atom. The summed E-state index contributed by atoms with van der Waals surface area (Å²) in [6, 6.07) is 0. The molecule has 0 amide bonds. The molecule has 1 aromatic rings. The number of unbranched alkanes of at least 4 members (excludes halogenated alkanes) is 3. The van der Waals surface area contributed by atoms with E-state index in [0.29, 0.717) is 19.1 Å². The lowest BCUT2D eigenvalue weighted by Gasteiger charge is -2.23. The number of hydrogen-bond donors (Lipinski definition) is 0. The fourth-order valence-corrected chi connectivity index (χ4v) is 2.85. The summed E-state index contributed by atoms with van der Waals surface area (Å²) in [4.78, 5) is 4.17. The number of rotatable bonds is 8. The van der Waals surface area contributed by atoms with E-state index in [2.05, 4.69) is 9.38 Å². The summed E-state index contributed by atoms with van der Waals surface area (Å²) in [5.41, 5.74) is 0. The summed E-state index contributed by atoms with van der Waals surface area (Å²) >= 11 is -1.16. The molecule has 1 aromatic heterocycles. The number of oxazole rings is 1. The van der Waals surface area contributed by atoms with E-state index in [1.807, 2.05) is 20.8 Å². The van der Waals surface area contributed by atoms with Gasteiger partial charge in [0.1, 0.15) is 22.4 Å². The Morgan fingerprint density at radius 2 is 2.04 bits per heavy atom. The number of aromatic nitrogens is 1. The fraction of sp³-hybridized carbons (Fsp3) is 0.750. The van der Waals surface area contributed by atoms with Crippen LogP contribution in [0.15, 0.2) is 21.3 Å². The first-order valence-corrected chi connectivity index (χ1v) is 9.17. The summed E-state index contributed by atoms with van der Waals surface area (Å²) in [5.74, 6) is -0.317. The monoisotopic (exact) mass is 342 g/mol. The third-order valence-corrected chi connectivity index (χ3v) is 4.93. The normalized spacial score (nSPS) is 19.5. The molecule has 23 heavy (non-hydrogen) atoms. The van der Waals surface area contributed by atoms with Gasteiger partial charge >= 0.3 is 0 Å². The molecule has 6 nitrogen and oxygen atoms in total. The maximum Gasteiger partial charge on any atom is 0.255 e. The van der Waals surface area contributed by atoms with E-state index in [4.69, 9.17) is 13.9 Å². The Balaban J connectivity index is 1.68. The highest BCUT2D eigenvalue weighted by Crippen LogP contribution is 2.35. The summed E-state index contributed by atoms with van der Waals surface area (Å²) in [6.45, 7) is 6.89. The van der Waals surface area contributed by atoms with Gasteiger partial charge in [-0.2, -0.15) is 0 Å². The van der Waals surface area contributed by atoms with Crippen LogP contribution in [-0.4, -0.2) is 33.7 Å². The van der Waals surface area contributed by atoms with Gasteiger partial charge in [-0.15, -0.1) is 0 Å². The first-order valence-electron chi connectivity index (χ1n) is 8.06. The minimum Gasteiger partial charge on any atom is -0.591 e. The molecule has 0 N–H and O–H groups in total. The molecule has 1 aliphatic rings. The molecule has 7 heteroatoms. The van der Waals surface area contributed by atoms with E-state index in [-0.39, 0.29) is 4.75 Å². The Hall–Kier alpha value is -0.890. The summed E-state index contributed by atoms with van der Waals surface area (Å²) in [5, 5.41) is 0. The van der Waals surface area contributed by atoms with Crippen LogP contribution in [-0.2, 0) is 26.6 Å². The lowest BCUT2D eigenvalue weighted by Crippen LogP contribution is -2.27. The number of hydrogen-bond acceptors (Lipinski definition) is 6. The van der Waals surface area contributed by atoms with Gasteiger partial charge in [0, 0.05) is 6.42 Å². The molecule has 0 bridgehead atoms. The van der Waals surface area contributed by atoms with Crippen LogP contribution < -0.4 is 0 Å². The Kier molecular flexibility index (Phi) is 6.64. The van der Waals surface area contributed by atoms with Crippen molar-refractivity contribution in [1.82, 2.24) is 4.98 Å². The van der Waals surface area contributed by atoms with Crippen molar-refractivity contribution in [2.24, 2.45) is 4.40 Å². The average Bonchev–Trinajstić information content (AvgIpc) is 3.17. The van der Waals surface area contributed by atoms with Gasteiger partial charge in [-0.05, 0) is 40.0 Å². The van der Waals surface area contributed by atoms with E-state index < -0.39 is 17.1 Å². The van der Waals surface area contributed by atoms with Crippen molar-refractivity contribution in [3.8, 4) is 0 Å². The molecule has 2 heterocycles. The molecule has 0 spiro atoms. The van der Waals surface area contributed by atoms with Crippen molar-refractivity contribution in [3.63, 3.8) is 0 Å². The first-order chi connectivity index (χ1) is 10.9. The van der Waals surface area contributed by atoms with Crippen LogP contribution in [0.5, 0.6) is 0 Å². The van der Waals surface area contributed by atoms with Crippen LogP contribution in [0, 0.1) is 0 Å². The lowest BCUT2D eigenvalue weighted by atomic mass is 10.1.